The van der Waals surface area contributed by atoms with Crippen molar-refractivity contribution in [2.75, 3.05) is 50.1 Å². The molecule has 1 saturated heterocycles. The number of aromatic nitrogens is 3. The first-order chi connectivity index (χ1) is 13.2. The van der Waals surface area contributed by atoms with E-state index in [1.807, 2.05) is 31.1 Å². The summed E-state index contributed by atoms with van der Waals surface area (Å²) in [6.45, 7) is 4.85. The number of rotatable bonds is 5. The van der Waals surface area contributed by atoms with Crippen LogP contribution >= 0.6 is 11.3 Å². The van der Waals surface area contributed by atoms with Crippen molar-refractivity contribution in [2.45, 2.75) is 6.54 Å². The lowest BCUT2D eigenvalue weighted by Gasteiger charge is -2.34. The Morgan fingerprint density at radius 2 is 1.74 bits per heavy atom. The number of thiazole rings is 1. The summed E-state index contributed by atoms with van der Waals surface area (Å²) >= 11 is 1.72. The third-order valence-corrected chi connectivity index (χ3v) is 5.69. The van der Waals surface area contributed by atoms with Crippen LogP contribution in [0.25, 0.3) is 10.6 Å². The Morgan fingerprint density at radius 3 is 2.41 bits per heavy atom. The van der Waals surface area contributed by atoms with Gasteiger partial charge in [0.25, 0.3) is 0 Å². The van der Waals surface area contributed by atoms with Crippen molar-refractivity contribution in [3.8, 4) is 10.6 Å². The third-order valence-electron chi connectivity index (χ3n) is 4.75. The summed E-state index contributed by atoms with van der Waals surface area (Å²) in [6.07, 6.45) is 0. The van der Waals surface area contributed by atoms with Crippen LogP contribution in [-0.4, -0.2) is 60.4 Å². The van der Waals surface area contributed by atoms with Crippen molar-refractivity contribution in [3.63, 3.8) is 0 Å². The fraction of sp³-hybridized carbons (Fsp3) is 0.350. The predicted molar refractivity (Wildman–Crippen MR) is 111 cm³/mol. The summed E-state index contributed by atoms with van der Waals surface area (Å²) < 4.78 is 0. The van der Waals surface area contributed by atoms with Gasteiger partial charge in [0.2, 0.25) is 0 Å². The molecular weight excluding hydrogens is 356 g/mol. The van der Waals surface area contributed by atoms with Gasteiger partial charge in [0.1, 0.15) is 5.01 Å². The second-order valence-corrected chi connectivity index (χ2v) is 7.78. The SMILES string of the molecule is CN(C)c1ccc(N2CCN(Cc3csc(-c4ccccc4)n3)CC2)nn1. The molecule has 0 radical (unpaired) electrons. The lowest BCUT2D eigenvalue weighted by atomic mass is 10.2. The summed E-state index contributed by atoms with van der Waals surface area (Å²) in [5.41, 5.74) is 2.35. The van der Waals surface area contributed by atoms with E-state index in [0.29, 0.717) is 0 Å². The van der Waals surface area contributed by atoms with Crippen molar-refractivity contribution in [1.29, 1.82) is 0 Å². The number of nitrogens with zero attached hydrogens (tertiary/aromatic N) is 6. The van der Waals surface area contributed by atoms with Crippen molar-refractivity contribution < 1.29 is 0 Å². The third kappa shape index (κ3) is 4.26. The Hall–Kier alpha value is -2.51. The molecule has 1 aliphatic heterocycles. The molecule has 27 heavy (non-hydrogen) atoms. The van der Waals surface area contributed by atoms with E-state index in [1.54, 1.807) is 11.3 Å². The topological polar surface area (TPSA) is 48.4 Å². The molecular formula is C20H24N6S. The molecule has 0 spiro atoms. The molecule has 3 heterocycles. The number of hydrogen-bond donors (Lipinski definition) is 0. The zero-order valence-corrected chi connectivity index (χ0v) is 16.6. The summed E-state index contributed by atoms with van der Waals surface area (Å²) in [7, 11) is 3.95. The highest BCUT2D eigenvalue weighted by molar-refractivity contribution is 7.13. The van der Waals surface area contributed by atoms with Gasteiger partial charge in [0.05, 0.1) is 5.69 Å². The van der Waals surface area contributed by atoms with Crippen LogP contribution in [0, 0.1) is 0 Å². The summed E-state index contributed by atoms with van der Waals surface area (Å²) in [5.74, 6) is 1.84. The maximum atomic E-state index is 4.81. The molecule has 0 aliphatic carbocycles. The zero-order valence-electron chi connectivity index (χ0n) is 15.7. The van der Waals surface area contributed by atoms with E-state index >= 15 is 0 Å². The highest BCUT2D eigenvalue weighted by Crippen LogP contribution is 2.24. The molecule has 0 amide bonds. The molecule has 0 saturated carbocycles. The summed E-state index contributed by atoms with van der Waals surface area (Å²) in [6, 6.07) is 14.5. The van der Waals surface area contributed by atoms with Crippen molar-refractivity contribution in [2.24, 2.45) is 0 Å². The van der Waals surface area contributed by atoms with Crippen LogP contribution in [0.2, 0.25) is 0 Å². The molecule has 2 aromatic heterocycles. The van der Waals surface area contributed by atoms with Gasteiger partial charge in [-0.25, -0.2) is 4.98 Å². The Bertz CT molecular complexity index is 854. The molecule has 0 atom stereocenters. The van der Waals surface area contributed by atoms with Gasteiger partial charge < -0.3 is 9.80 Å². The van der Waals surface area contributed by atoms with Crippen LogP contribution in [0.1, 0.15) is 5.69 Å². The molecule has 0 bridgehead atoms. The Kier molecular flexibility index (Phi) is 5.31. The first kappa shape index (κ1) is 17.9. The minimum atomic E-state index is 0.884. The van der Waals surface area contributed by atoms with Crippen LogP contribution in [0.3, 0.4) is 0 Å². The fourth-order valence-electron chi connectivity index (χ4n) is 3.18. The first-order valence-corrected chi connectivity index (χ1v) is 10.1. The van der Waals surface area contributed by atoms with Crippen LogP contribution in [0.15, 0.2) is 47.8 Å². The average Bonchev–Trinajstić information content (AvgIpc) is 3.18. The molecule has 1 aliphatic rings. The molecule has 1 fully saturated rings. The highest BCUT2D eigenvalue weighted by atomic mass is 32.1. The molecule has 0 unspecified atom stereocenters. The van der Waals surface area contributed by atoms with Crippen LogP contribution < -0.4 is 9.80 Å². The maximum absolute atomic E-state index is 4.81. The van der Waals surface area contributed by atoms with Gasteiger partial charge in [-0.1, -0.05) is 30.3 Å². The number of hydrogen-bond acceptors (Lipinski definition) is 7. The second-order valence-electron chi connectivity index (χ2n) is 6.92. The van der Waals surface area contributed by atoms with E-state index in [4.69, 9.17) is 4.98 Å². The van der Waals surface area contributed by atoms with E-state index in [0.717, 1.165) is 55.1 Å². The monoisotopic (exact) mass is 380 g/mol. The highest BCUT2D eigenvalue weighted by Gasteiger charge is 2.19. The second kappa shape index (κ2) is 8.02. The smallest absolute Gasteiger partial charge is 0.151 e. The zero-order chi connectivity index (χ0) is 18.6. The Balaban J connectivity index is 1.33. The van der Waals surface area contributed by atoms with Gasteiger partial charge in [-0.05, 0) is 12.1 Å². The first-order valence-electron chi connectivity index (χ1n) is 9.17. The Morgan fingerprint density at radius 1 is 0.963 bits per heavy atom. The molecule has 4 rings (SSSR count). The quantitative estimate of drug-likeness (QED) is 0.678. The molecule has 1 aromatic carbocycles. The lowest BCUT2D eigenvalue weighted by molar-refractivity contribution is 0.247. The fourth-order valence-corrected chi connectivity index (χ4v) is 4.00. The molecule has 7 heteroatoms. The van der Waals surface area contributed by atoms with E-state index < -0.39 is 0 Å². The van der Waals surface area contributed by atoms with E-state index in [2.05, 4.69) is 55.7 Å². The van der Waals surface area contributed by atoms with Gasteiger partial charge in [0, 0.05) is 57.8 Å². The van der Waals surface area contributed by atoms with Gasteiger partial charge in [-0.2, -0.15) is 0 Å². The molecule has 3 aromatic rings. The van der Waals surface area contributed by atoms with E-state index in [1.165, 1.54) is 5.56 Å². The van der Waals surface area contributed by atoms with Gasteiger partial charge >= 0.3 is 0 Å². The van der Waals surface area contributed by atoms with Crippen molar-refractivity contribution in [1.82, 2.24) is 20.1 Å². The number of piperazine rings is 1. The number of anilines is 2. The van der Waals surface area contributed by atoms with Crippen molar-refractivity contribution >= 4 is 23.0 Å². The van der Waals surface area contributed by atoms with Crippen molar-refractivity contribution in [3.05, 3.63) is 53.5 Å². The summed E-state index contributed by atoms with van der Waals surface area (Å²) in [5, 5.41) is 11.9. The van der Waals surface area contributed by atoms with Gasteiger partial charge in [-0.3, -0.25) is 4.90 Å². The van der Waals surface area contributed by atoms with E-state index in [-0.39, 0.29) is 0 Å². The lowest BCUT2D eigenvalue weighted by Crippen LogP contribution is -2.46. The molecule has 140 valence electrons. The molecule has 0 N–H and O–H groups in total. The standard InChI is InChI=1S/C20H24N6S/c1-24(2)18-8-9-19(23-22-18)26-12-10-25(11-13-26)14-17-15-27-20(21-17)16-6-4-3-5-7-16/h3-9,15H,10-14H2,1-2H3. The van der Waals surface area contributed by atoms with Gasteiger partial charge in [-0.15, -0.1) is 21.5 Å². The minimum Gasteiger partial charge on any atom is -0.361 e. The average molecular weight is 381 g/mol. The van der Waals surface area contributed by atoms with Crippen LogP contribution in [0.4, 0.5) is 11.6 Å². The van der Waals surface area contributed by atoms with Gasteiger partial charge in [0.15, 0.2) is 11.6 Å². The molecule has 6 nitrogen and oxygen atoms in total. The number of benzene rings is 1. The Labute approximate surface area is 164 Å². The summed E-state index contributed by atoms with van der Waals surface area (Å²) in [4.78, 5) is 11.5. The minimum absolute atomic E-state index is 0.884. The van der Waals surface area contributed by atoms with Crippen LogP contribution in [-0.2, 0) is 6.54 Å². The normalized spacial score (nSPS) is 15.1. The maximum Gasteiger partial charge on any atom is 0.151 e. The van der Waals surface area contributed by atoms with Crippen LogP contribution in [0.5, 0.6) is 0 Å². The predicted octanol–water partition coefficient (Wildman–Crippen LogP) is 2.99. The van der Waals surface area contributed by atoms with E-state index in [9.17, 15) is 0 Å². The largest absolute Gasteiger partial charge is 0.361 e.